The number of aliphatic hydroxyl groups is 1. The summed E-state index contributed by atoms with van der Waals surface area (Å²) in [5.74, 6) is 8.70. The molecule has 2 aromatic heterocycles. The van der Waals surface area contributed by atoms with Gasteiger partial charge in [-0.15, -0.1) is 32.0 Å². The van der Waals surface area contributed by atoms with E-state index >= 15 is 0 Å². The zero-order valence-electron chi connectivity index (χ0n) is 33.3. The highest BCUT2D eigenvalue weighted by Gasteiger charge is 2.40. The van der Waals surface area contributed by atoms with Gasteiger partial charge in [0.15, 0.2) is 6.29 Å². The van der Waals surface area contributed by atoms with Crippen molar-refractivity contribution in [2.24, 2.45) is 11.8 Å². The van der Waals surface area contributed by atoms with Gasteiger partial charge < -0.3 is 24.1 Å². The number of fused-ring (bicyclic) bond motifs is 2. The molecule has 3 atom stereocenters. The summed E-state index contributed by atoms with van der Waals surface area (Å²) in [6.07, 6.45) is -1.39. The molecule has 3 unspecified atom stereocenters. The molecule has 0 aromatic carbocycles. The second kappa shape index (κ2) is 24.4. The minimum absolute atomic E-state index is 0.0149. The van der Waals surface area contributed by atoms with Gasteiger partial charge in [0.05, 0.1) is 30.6 Å². The number of ether oxygens (including phenoxy) is 4. The van der Waals surface area contributed by atoms with Gasteiger partial charge in [0.2, 0.25) is 0 Å². The molecule has 0 radical (unpaired) electrons. The average Bonchev–Trinajstić information content (AvgIpc) is 3.78. The maximum absolute atomic E-state index is 12.7. The number of β-amino-alcohol motifs (C(OH)–C–C–N with tert-alkyl or cyclic N) is 1. The number of methoxy groups -OCH3 is 2. The van der Waals surface area contributed by atoms with Gasteiger partial charge in [-0.2, -0.15) is 41.5 Å². The van der Waals surface area contributed by atoms with Gasteiger partial charge in [-0.1, -0.05) is 0 Å². The lowest BCUT2D eigenvalue weighted by Gasteiger charge is -2.33. The van der Waals surface area contributed by atoms with E-state index in [4.69, 9.17) is 41.3 Å². The van der Waals surface area contributed by atoms with Gasteiger partial charge in [0, 0.05) is 71.2 Å². The minimum atomic E-state index is -4.38. The normalized spacial score (nSPS) is 21.9. The number of nitrogens with two attached hydrogens (primary N) is 2. The van der Waals surface area contributed by atoms with Crippen LogP contribution in [0.3, 0.4) is 0 Å². The molecule has 0 amide bonds. The molecule has 6 N–H and O–H groups in total. The highest BCUT2D eigenvalue weighted by Crippen LogP contribution is 2.42. The van der Waals surface area contributed by atoms with Crippen molar-refractivity contribution in [1.82, 2.24) is 8.61 Å². The third kappa shape index (κ3) is 15.6. The number of hydrogen-bond donors (Lipinski definition) is 4. The van der Waals surface area contributed by atoms with Crippen LogP contribution in [0.15, 0.2) is 30.1 Å². The van der Waals surface area contributed by atoms with Crippen molar-refractivity contribution in [3.05, 3.63) is 28.6 Å². The number of thiophene rings is 2. The molecule has 0 saturated heterocycles. The van der Waals surface area contributed by atoms with Crippen molar-refractivity contribution in [3.63, 3.8) is 0 Å². The predicted octanol–water partition coefficient (Wildman–Crippen LogP) is 0.890. The lowest BCUT2D eigenvalue weighted by Crippen LogP contribution is -2.41. The summed E-state index contributed by atoms with van der Waals surface area (Å²) in [4.78, 5) is 3.96. The van der Waals surface area contributed by atoms with Crippen LogP contribution in [0.4, 0.5) is 0 Å². The number of sulfonamides is 2. The van der Waals surface area contributed by atoms with Gasteiger partial charge in [-0.05, 0) is 44.2 Å². The van der Waals surface area contributed by atoms with E-state index < -0.39 is 74.6 Å². The van der Waals surface area contributed by atoms with E-state index in [-0.39, 0.29) is 66.2 Å². The smallest absolute Gasteiger partial charge is 0.387 e. The van der Waals surface area contributed by atoms with E-state index in [2.05, 4.69) is 24.2 Å². The molecule has 21 nitrogen and oxygen atoms in total. The Morgan fingerprint density at radius 1 is 1.04 bits per heavy atom. The summed E-state index contributed by atoms with van der Waals surface area (Å²) in [6, 6.07) is 3.26. The maximum Gasteiger partial charge on any atom is 0.413 e. The first-order valence-corrected chi connectivity index (χ1v) is 21.5. The fourth-order valence-corrected chi connectivity index (χ4v) is 11.4. The highest BCUT2D eigenvalue weighted by molar-refractivity contribution is 7.97. The molecule has 0 fully saturated rings. The van der Waals surface area contributed by atoms with E-state index in [0.717, 1.165) is 39.0 Å². The molecule has 0 bridgehead atoms. The Balaban J connectivity index is 0.000000480. The van der Waals surface area contributed by atoms with Crippen molar-refractivity contribution in [1.29, 1.82) is 0 Å². The third-order valence-corrected chi connectivity index (χ3v) is 14.1. The first-order valence-electron chi connectivity index (χ1n) is 17.2. The summed E-state index contributed by atoms with van der Waals surface area (Å²) in [6.45, 7) is 4.23. The molecule has 0 saturated carbocycles. The van der Waals surface area contributed by atoms with Crippen LogP contribution in [0.25, 0.3) is 0 Å². The molecular weight excluding hydrogens is 841 g/mol. The average molecular weight is 889 g/mol. The van der Waals surface area contributed by atoms with E-state index in [1.54, 1.807) is 18.4 Å². The molecule has 4 heterocycles. The van der Waals surface area contributed by atoms with Crippen LogP contribution >= 0.6 is 34.7 Å². The lowest BCUT2D eigenvalue weighted by molar-refractivity contribution is -0.195. The molecule has 2 aliphatic rings. The SMILES string of the molecule is NOS(=O)(=O)O.O=S=O.[2H]C([2H])([2H])OCCCN1CC(O)c2cc(SOON)sc2S1(=O)=O.[2H]C([2H])([2H])OCCCN1CC(OC(C)OCC)c2ccsc2S1(=O)=O. The third-order valence-electron chi connectivity index (χ3n) is 6.30. The van der Waals surface area contributed by atoms with Gasteiger partial charge in [0.1, 0.15) is 14.5 Å². The van der Waals surface area contributed by atoms with Crippen molar-refractivity contribution in [2.75, 3.05) is 60.1 Å². The number of aliphatic hydroxyl groups excluding tert-OH is 1. The van der Waals surface area contributed by atoms with E-state index in [1.165, 1.54) is 10.4 Å². The van der Waals surface area contributed by atoms with Gasteiger partial charge in [0.25, 0.3) is 20.0 Å². The van der Waals surface area contributed by atoms with Crippen molar-refractivity contribution < 1.29 is 84.1 Å². The van der Waals surface area contributed by atoms with E-state index in [9.17, 15) is 30.4 Å². The zero-order valence-corrected chi connectivity index (χ0v) is 33.0. The van der Waals surface area contributed by atoms with Crippen LogP contribution in [-0.4, -0.2) is 118 Å². The second-order valence-corrected chi connectivity index (χ2v) is 18.0. The number of nitrogens with zero attached hydrogens (tertiary/aromatic N) is 2. The van der Waals surface area contributed by atoms with Crippen LogP contribution in [0.2, 0.25) is 0 Å². The molecule has 4 rings (SSSR count). The van der Waals surface area contributed by atoms with Crippen molar-refractivity contribution in [3.8, 4) is 0 Å². The first kappa shape index (κ1) is 39.1. The van der Waals surface area contributed by atoms with Crippen LogP contribution in [0.1, 0.15) is 58.2 Å². The summed E-state index contributed by atoms with van der Waals surface area (Å²) < 4.78 is 166. The van der Waals surface area contributed by atoms with Crippen LogP contribution in [0, 0.1) is 0 Å². The molecule has 28 heteroatoms. The van der Waals surface area contributed by atoms with E-state index in [0.29, 0.717) is 16.4 Å². The Labute approximate surface area is 326 Å². The largest absolute Gasteiger partial charge is 0.413 e. The molecule has 2 aliphatic heterocycles. The molecule has 302 valence electrons. The maximum atomic E-state index is 12.7. The highest BCUT2D eigenvalue weighted by atomic mass is 32.3. The van der Waals surface area contributed by atoms with Crippen molar-refractivity contribution in [2.45, 2.75) is 57.8 Å². The van der Waals surface area contributed by atoms with Gasteiger partial charge in [-0.3, -0.25) is 4.55 Å². The number of rotatable bonds is 16. The number of hydrogen-bond acceptors (Lipinski definition) is 21. The molecule has 52 heavy (non-hydrogen) atoms. The fourth-order valence-electron chi connectivity index (χ4n) is 4.32. The quantitative estimate of drug-likeness (QED) is 0.0454. The Morgan fingerprint density at radius 3 is 2.12 bits per heavy atom. The van der Waals surface area contributed by atoms with Crippen LogP contribution < -0.4 is 11.8 Å². The topological polar surface area (TPSA) is 300 Å². The van der Waals surface area contributed by atoms with Crippen molar-refractivity contribution >= 4 is 76.7 Å². The predicted molar refractivity (Wildman–Crippen MR) is 187 cm³/mol. The van der Waals surface area contributed by atoms with Gasteiger partial charge >= 0.3 is 22.0 Å². The molecule has 0 aliphatic carbocycles. The lowest BCUT2D eigenvalue weighted by atomic mass is 10.2. The summed E-state index contributed by atoms with van der Waals surface area (Å²) in [5.41, 5.74) is 0.935. The fraction of sp³-hybridized carbons (Fsp3) is 0.667. The first-order chi connectivity index (χ1) is 26.8. The Kier molecular flexibility index (Phi) is 18.4. The molecular formula is C24H42N4O17S7. The Bertz CT molecular complexity index is 1910. The summed E-state index contributed by atoms with van der Waals surface area (Å²) >= 11 is 2.06. The summed E-state index contributed by atoms with van der Waals surface area (Å²) in [7, 11) is -16.8. The molecule has 2 aromatic rings. The standard InChI is InChI=1S/C14H23NO5S2.C10H16N2O6S3.H3NO4S.O2S/c1-4-19-11(2)20-13-10-15(7-5-8-18-3)22(16,17)14-12(13)6-9-21-14;1-16-4-2-3-12-6-8(13)7-5-9(20-18-17-11)19-10(7)21(12,14)15;1-5-6(2,3)4;1-3-2/h6,9,11,13H,4-5,7-8,10H2,1-3H3;5,8,13H,2-4,6,11H2,1H3;1H2,(H,2,3,4);/i3D3;1D3;;. The summed E-state index contributed by atoms with van der Waals surface area (Å²) in [5, 5.41) is 11.9. The van der Waals surface area contributed by atoms with Crippen LogP contribution in [-0.2, 0) is 74.6 Å². The monoisotopic (exact) mass is 888 g/mol. The second-order valence-electron chi connectivity index (χ2n) is 9.60. The van der Waals surface area contributed by atoms with Crippen LogP contribution in [0.5, 0.6) is 0 Å². The Hall–Kier alpha value is -1.10. The Morgan fingerprint density at radius 2 is 1.60 bits per heavy atom. The zero-order chi connectivity index (χ0) is 44.5. The van der Waals surface area contributed by atoms with Gasteiger partial charge in [-0.25, -0.2) is 16.8 Å². The molecule has 0 spiro atoms. The van der Waals surface area contributed by atoms with E-state index in [1.807, 2.05) is 6.92 Å². The minimum Gasteiger partial charge on any atom is -0.387 e.